The molecule has 9 heteroatoms. The SMILES string of the molecule is C=CC(=O)O[C@H]1C=CC(=O)[C@]2(C)[C@H]3CC[C@]4(C)C([C@H](C)[C@H]5CC(C)=C(C)C(=O)O5)=C[C@H](OC(C)=O)[C@@]4(O)[C@@H]3C[C@H]3O[C@]132. The third-order valence-electron chi connectivity index (χ3n) is 11.9. The molecular formula is C33H40O9. The van der Waals surface area contributed by atoms with E-state index >= 15 is 0 Å². The Morgan fingerprint density at radius 1 is 1.17 bits per heavy atom. The number of ether oxygens (including phenoxy) is 4. The van der Waals surface area contributed by atoms with Gasteiger partial charge in [-0.15, -0.1) is 0 Å². The van der Waals surface area contributed by atoms with Gasteiger partial charge in [-0.3, -0.25) is 9.59 Å². The smallest absolute Gasteiger partial charge is 0.333 e. The molecule has 6 rings (SSSR count). The van der Waals surface area contributed by atoms with Crippen molar-refractivity contribution in [2.75, 3.05) is 0 Å². The first-order chi connectivity index (χ1) is 19.7. The van der Waals surface area contributed by atoms with Gasteiger partial charge in [-0.05, 0) is 70.1 Å². The molecule has 0 bridgehead atoms. The van der Waals surface area contributed by atoms with E-state index in [-0.39, 0.29) is 23.6 Å². The van der Waals surface area contributed by atoms with Crippen molar-refractivity contribution < 1.29 is 43.2 Å². The van der Waals surface area contributed by atoms with E-state index in [1.54, 1.807) is 13.0 Å². The summed E-state index contributed by atoms with van der Waals surface area (Å²) in [7, 11) is 0. The molecule has 3 fully saturated rings. The normalized spacial score (nSPS) is 45.8. The van der Waals surface area contributed by atoms with Gasteiger partial charge < -0.3 is 24.1 Å². The minimum Gasteiger partial charge on any atom is -0.458 e. The Labute approximate surface area is 246 Å². The summed E-state index contributed by atoms with van der Waals surface area (Å²) in [5.74, 6) is -2.63. The molecule has 1 spiro atoms. The zero-order chi connectivity index (χ0) is 30.6. The van der Waals surface area contributed by atoms with Gasteiger partial charge in [0, 0.05) is 36.3 Å². The second-order valence-corrected chi connectivity index (χ2v) is 13.5. The van der Waals surface area contributed by atoms with Gasteiger partial charge in [-0.2, -0.15) is 0 Å². The number of epoxide rings is 1. The molecule has 1 N–H and O–H groups in total. The quantitative estimate of drug-likeness (QED) is 0.170. The second-order valence-electron chi connectivity index (χ2n) is 13.5. The molecule has 42 heavy (non-hydrogen) atoms. The van der Waals surface area contributed by atoms with Crippen molar-refractivity contribution in [1.29, 1.82) is 0 Å². The molecule has 6 aliphatic rings. The molecule has 226 valence electrons. The predicted molar refractivity (Wildman–Crippen MR) is 149 cm³/mol. The summed E-state index contributed by atoms with van der Waals surface area (Å²) in [6.45, 7) is 14.4. The lowest BCUT2D eigenvalue weighted by molar-refractivity contribution is -0.225. The Kier molecular flexibility index (Phi) is 6.38. The van der Waals surface area contributed by atoms with Gasteiger partial charge >= 0.3 is 17.9 Å². The Hall–Kier alpha value is -3.04. The van der Waals surface area contributed by atoms with Crippen LogP contribution in [0.2, 0.25) is 0 Å². The zero-order valence-corrected chi connectivity index (χ0v) is 25.1. The first kappa shape index (κ1) is 29.1. The van der Waals surface area contributed by atoms with Crippen LogP contribution in [0.3, 0.4) is 0 Å². The molecule has 0 aromatic rings. The van der Waals surface area contributed by atoms with E-state index in [0.717, 1.165) is 17.2 Å². The monoisotopic (exact) mass is 580 g/mol. The summed E-state index contributed by atoms with van der Waals surface area (Å²) in [5, 5.41) is 13.0. The van der Waals surface area contributed by atoms with Crippen LogP contribution in [0.1, 0.15) is 67.2 Å². The topological polar surface area (TPSA) is 129 Å². The number of hydrogen-bond acceptors (Lipinski definition) is 9. The molecule has 0 aromatic heterocycles. The fraction of sp³-hybridized carbons (Fsp3) is 0.636. The molecule has 0 radical (unpaired) electrons. The third-order valence-corrected chi connectivity index (χ3v) is 11.9. The summed E-state index contributed by atoms with van der Waals surface area (Å²) in [6.07, 6.45) is 5.52. The fourth-order valence-electron chi connectivity index (χ4n) is 9.42. The van der Waals surface area contributed by atoms with E-state index in [2.05, 4.69) is 6.58 Å². The average molecular weight is 581 g/mol. The lowest BCUT2D eigenvalue weighted by Gasteiger charge is -2.61. The van der Waals surface area contributed by atoms with Crippen LogP contribution in [0, 0.1) is 28.6 Å². The lowest BCUT2D eigenvalue weighted by atomic mass is 9.42. The first-order valence-electron chi connectivity index (χ1n) is 14.9. The van der Waals surface area contributed by atoms with Crippen molar-refractivity contribution in [2.45, 2.75) is 103 Å². The van der Waals surface area contributed by atoms with Crippen molar-refractivity contribution in [3.05, 3.63) is 47.6 Å². The van der Waals surface area contributed by atoms with E-state index in [1.807, 2.05) is 33.8 Å². The lowest BCUT2D eigenvalue weighted by Crippen LogP contribution is -2.70. The van der Waals surface area contributed by atoms with Gasteiger partial charge in [-0.25, -0.2) is 9.59 Å². The molecule has 1 saturated heterocycles. The number of hydrogen-bond donors (Lipinski definition) is 1. The maximum atomic E-state index is 13.8. The van der Waals surface area contributed by atoms with Crippen LogP contribution in [0.15, 0.2) is 47.6 Å². The van der Waals surface area contributed by atoms with E-state index < -0.39 is 64.3 Å². The summed E-state index contributed by atoms with van der Waals surface area (Å²) in [5.41, 5.74) is -1.98. The van der Waals surface area contributed by atoms with Crippen LogP contribution in [-0.4, -0.2) is 64.4 Å². The van der Waals surface area contributed by atoms with E-state index in [9.17, 15) is 24.3 Å². The van der Waals surface area contributed by atoms with Crippen LogP contribution in [0.5, 0.6) is 0 Å². The van der Waals surface area contributed by atoms with Crippen LogP contribution < -0.4 is 0 Å². The van der Waals surface area contributed by atoms with E-state index in [1.165, 1.54) is 13.0 Å². The van der Waals surface area contributed by atoms with Gasteiger partial charge in [0.05, 0.1) is 11.5 Å². The van der Waals surface area contributed by atoms with E-state index in [4.69, 9.17) is 18.9 Å². The molecule has 0 amide bonds. The maximum Gasteiger partial charge on any atom is 0.333 e. The fourth-order valence-corrected chi connectivity index (χ4v) is 9.42. The highest BCUT2D eigenvalue weighted by Gasteiger charge is 2.83. The van der Waals surface area contributed by atoms with Crippen molar-refractivity contribution in [3.8, 4) is 0 Å². The highest BCUT2D eigenvalue weighted by Crippen LogP contribution is 2.74. The standard InChI is InChI=1S/C33H40O9/c1-8-28(36)41-25-10-9-24(35)31(7)20-11-12-30(6)21(18(4)23-13-16(2)17(3)29(37)40-23)14-26(39-19(5)34)32(30,38)22(20)15-27-33(25,31)42-27/h8-10,14,18,20,22-23,25-27,38H,1,11-13,15H2,2-7H3/t18-,20-,22+,23+,25-,26-,27+,30+,31-,32-,33+/m0/s1. The minimum absolute atomic E-state index is 0.131. The highest BCUT2D eigenvalue weighted by atomic mass is 16.7. The number of allylic oxidation sites excluding steroid dienone is 1. The predicted octanol–water partition coefficient (Wildman–Crippen LogP) is 3.69. The molecule has 0 unspecified atom stereocenters. The summed E-state index contributed by atoms with van der Waals surface area (Å²) in [6, 6.07) is 0. The van der Waals surface area contributed by atoms with Crippen LogP contribution >= 0.6 is 0 Å². The third kappa shape index (κ3) is 3.49. The van der Waals surface area contributed by atoms with Crippen molar-refractivity contribution in [3.63, 3.8) is 0 Å². The highest BCUT2D eigenvalue weighted by molar-refractivity contribution is 5.98. The minimum atomic E-state index is -1.54. The van der Waals surface area contributed by atoms with Gasteiger partial charge in [0.25, 0.3) is 0 Å². The van der Waals surface area contributed by atoms with Gasteiger partial charge in [0.15, 0.2) is 11.9 Å². The van der Waals surface area contributed by atoms with E-state index in [0.29, 0.717) is 31.3 Å². The number of ketones is 1. The molecule has 9 nitrogen and oxygen atoms in total. The Balaban J connectivity index is 1.40. The number of esters is 3. The summed E-state index contributed by atoms with van der Waals surface area (Å²) in [4.78, 5) is 51.0. The Morgan fingerprint density at radius 3 is 2.52 bits per heavy atom. The number of carbonyl (C=O) groups excluding carboxylic acids is 4. The molecule has 4 aliphatic carbocycles. The van der Waals surface area contributed by atoms with Crippen LogP contribution in [0.4, 0.5) is 0 Å². The molecule has 2 saturated carbocycles. The van der Waals surface area contributed by atoms with Crippen LogP contribution in [-0.2, 0) is 38.1 Å². The number of carbonyl (C=O) groups is 4. The maximum absolute atomic E-state index is 13.8. The van der Waals surface area contributed by atoms with Gasteiger partial charge in [0.1, 0.15) is 23.4 Å². The first-order valence-corrected chi connectivity index (χ1v) is 14.9. The number of fused-ring (bicyclic) bond motifs is 4. The molecule has 0 aromatic carbocycles. The average Bonchev–Trinajstić information content (AvgIpc) is 3.63. The summed E-state index contributed by atoms with van der Waals surface area (Å²) < 4.78 is 23.7. The molecule has 2 heterocycles. The molecular weight excluding hydrogens is 540 g/mol. The summed E-state index contributed by atoms with van der Waals surface area (Å²) >= 11 is 0. The van der Waals surface area contributed by atoms with Crippen LogP contribution in [0.25, 0.3) is 0 Å². The van der Waals surface area contributed by atoms with Crippen molar-refractivity contribution in [2.24, 2.45) is 28.6 Å². The van der Waals surface area contributed by atoms with Crippen molar-refractivity contribution in [1.82, 2.24) is 0 Å². The zero-order valence-electron chi connectivity index (χ0n) is 25.1. The molecule has 2 aliphatic heterocycles. The Morgan fingerprint density at radius 2 is 1.88 bits per heavy atom. The number of rotatable bonds is 5. The number of cyclic esters (lactones) is 1. The van der Waals surface area contributed by atoms with Crippen molar-refractivity contribution >= 4 is 23.7 Å². The Bertz CT molecular complexity index is 1390. The largest absolute Gasteiger partial charge is 0.458 e. The number of aliphatic hydroxyl groups is 1. The van der Waals surface area contributed by atoms with Gasteiger partial charge in [-0.1, -0.05) is 31.6 Å². The molecule has 11 atom stereocenters. The van der Waals surface area contributed by atoms with Gasteiger partial charge in [0.2, 0.25) is 0 Å². The second kappa shape index (κ2) is 9.23.